The van der Waals surface area contributed by atoms with Gasteiger partial charge in [-0.25, -0.2) is 9.59 Å². The topological polar surface area (TPSA) is 92.7 Å². The van der Waals surface area contributed by atoms with Crippen LogP contribution in [0.5, 0.6) is 0 Å². The van der Waals surface area contributed by atoms with Gasteiger partial charge in [0.1, 0.15) is 11.6 Å². The lowest BCUT2D eigenvalue weighted by molar-refractivity contribution is -0.150. The van der Waals surface area contributed by atoms with Gasteiger partial charge < -0.3 is 15.2 Å². The van der Waals surface area contributed by atoms with Crippen molar-refractivity contribution in [3.8, 4) is 0 Å². The average Bonchev–Trinajstić information content (AvgIpc) is 2.36. The fourth-order valence-corrected chi connectivity index (χ4v) is 1.66. The van der Waals surface area contributed by atoms with Gasteiger partial charge in [-0.2, -0.15) is 0 Å². The number of hydrogen-bond acceptors (Lipinski definition) is 4. The number of ketones is 1. The lowest BCUT2D eigenvalue weighted by Gasteiger charge is -2.22. The number of carbonyl (C=O) groups is 3. The molecule has 1 rings (SSSR count). The highest BCUT2D eigenvalue weighted by Crippen LogP contribution is 2.09. The Morgan fingerprint density at radius 1 is 1.19 bits per heavy atom. The second-order valence-electron chi connectivity index (χ2n) is 5.56. The number of ether oxygens (including phenoxy) is 1. The van der Waals surface area contributed by atoms with E-state index in [0.29, 0.717) is 0 Å². The van der Waals surface area contributed by atoms with Gasteiger partial charge in [-0.1, -0.05) is 30.3 Å². The maximum atomic E-state index is 11.7. The molecule has 6 nitrogen and oxygen atoms in total. The van der Waals surface area contributed by atoms with E-state index in [1.807, 2.05) is 0 Å². The summed E-state index contributed by atoms with van der Waals surface area (Å²) in [5, 5.41) is 11.1. The largest absolute Gasteiger partial charge is 0.475 e. The molecule has 0 heterocycles. The first-order chi connectivity index (χ1) is 9.69. The predicted octanol–water partition coefficient (Wildman–Crippen LogP) is 1.78. The molecule has 114 valence electrons. The first-order valence-electron chi connectivity index (χ1n) is 6.49. The van der Waals surface area contributed by atoms with E-state index in [2.05, 4.69) is 5.32 Å². The van der Waals surface area contributed by atoms with Crippen LogP contribution in [0.1, 0.15) is 26.3 Å². The number of rotatable bonds is 5. The molecule has 0 aliphatic carbocycles. The van der Waals surface area contributed by atoms with Crippen LogP contribution in [0.3, 0.4) is 0 Å². The summed E-state index contributed by atoms with van der Waals surface area (Å²) >= 11 is 0. The normalized spacial score (nSPS) is 12.3. The van der Waals surface area contributed by atoms with Crippen LogP contribution in [0, 0.1) is 0 Å². The van der Waals surface area contributed by atoms with Gasteiger partial charge in [-0.05, 0) is 26.3 Å². The molecule has 0 aromatic heterocycles. The Hall–Kier alpha value is -2.37. The summed E-state index contributed by atoms with van der Waals surface area (Å²) in [6.45, 7) is 5.04. The van der Waals surface area contributed by atoms with Crippen LogP contribution in [0.4, 0.5) is 4.79 Å². The Labute approximate surface area is 123 Å². The van der Waals surface area contributed by atoms with Crippen molar-refractivity contribution < 1.29 is 24.2 Å². The SMILES string of the molecule is CC(C)(C)OC(=O)NC(Cc1ccccc1)C(=O)C(=O)O. The molecule has 1 aromatic carbocycles. The number of Topliss-reactive ketones (excluding diaryl/α,β-unsaturated/α-hetero) is 1. The highest BCUT2D eigenvalue weighted by molar-refractivity contribution is 6.35. The van der Waals surface area contributed by atoms with Crippen LogP contribution in [-0.4, -0.2) is 34.6 Å². The van der Waals surface area contributed by atoms with E-state index in [9.17, 15) is 14.4 Å². The molecule has 6 heteroatoms. The zero-order valence-electron chi connectivity index (χ0n) is 12.3. The molecule has 0 saturated carbocycles. The van der Waals surface area contributed by atoms with E-state index in [-0.39, 0.29) is 6.42 Å². The minimum absolute atomic E-state index is 0.0885. The molecular weight excluding hydrogens is 274 g/mol. The fourth-order valence-electron chi connectivity index (χ4n) is 1.66. The minimum atomic E-state index is -1.59. The number of nitrogens with one attached hydrogen (secondary N) is 1. The molecule has 2 N–H and O–H groups in total. The Morgan fingerprint density at radius 3 is 2.24 bits per heavy atom. The van der Waals surface area contributed by atoms with Gasteiger partial charge in [0.2, 0.25) is 0 Å². The Balaban J connectivity index is 2.81. The average molecular weight is 293 g/mol. The van der Waals surface area contributed by atoms with Crippen molar-refractivity contribution in [1.82, 2.24) is 5.32 Å². The summed E-state index contributed by atoms with van der Waals surface area (Å²) in [6, 6.07) is 7.67. The number of aliphatic carboxylic acids is 1. The van der Waals surface area contributed by atoms with Gasteiger partial charge in [0.15, 0.2) is 0 Å². The molecule has 1 amide bonds. The summed E-state index contributed by atoms with van der Waals surface area (Å²) in [5.74, 6) is -2.67. The Morgan fingerprint density at radius 2 is 1.76 bits per heavy atom. The third kappa shape index (κ3) is 6.07. The fraction of sp³-hybridized carbons (Fsp3) is 0.400. The number of amides is 1. The molecule has 1 aromatic rings. The van der Waals surface area contributed by atoms with Crippen LogP contribution in [0.25, 0.3) is 0 Å². The highest BCUT2D eigenvalue weighted by Gasteiger charge is 2.28. The number of alkyl carbamates (subject to hydrolysis) is 1. The highest BCUT2D eigenvalue weighted by atomic mass is 16.6. The molecule has 21 heavy (non-hydrogen) atoms. The number of carbonyl (C=O) groups excluding carboxylic acids is 2. The summed E-state index contributed by atoms with van der Waals surface area (Å²) in [7, 11) is 0. The Bertz CT molecular complexity index is 519. The van der Waals surface area contributed by atoms with Crippen molar-refractivity contribution in [2.45, 2.75) is 38.8 Å². The van der Waals surface area contributed by atoms with E-state index in [0.717, 1.165) is 5.56 Å². The number of carboxylic acid groups (broad SMARTS) is 1. The first kappa shape index (κ1) is 16.7. The van der Waals surface area contributed by atoms with Gasteiger partial charge in [-0.3, -0.25) is 4.79 Å². The zero-order chi connectivity index (χ0) is 16.0. The molecule has 1 unspecified atom stereocenters. The van der Waals surface area contributed by atoms with E-state index < -0.39 is 29.5 Å². The Kier molecular flexibility index (Phi) is 5.46. The second kappa shape index (κ2) is 6.88. The van der Waals surface area contributed by atoms with Crippen molar-refractivity contribution in [3.63, 3.8) is 0 Å². The monoisotopic (exact) mass is 293 g/mol. The van der Waals surface area contributed by atoms with Crippen LogP contribution in [0.15, 0.2) is 30.3 Å². The summed E-state index contributed by atoms with van der Waals surface area (Å²) in [4.78, 5) is 34.2. The molecule has 0 bridgehead atoms. The smallest absolute Gasteiger partial charge is 0.408 e. The summed E-state index contributed by atoms with van der Waals surface area (Å²) in [6.07, 6.45) is -0.733. The van der Waals surface area contributed by atoms with Crippen LogP contribution < -0.4 is 5.32 Å². The molecule has 0 aliphatic rings. The quantitative estimate of drug-likeness (QED) is 0.807. The summed E-state index contributed by atoms with van der Waals surface area (Å²) in [5.41, 5.74) is 0.0151. The lowest BCUT2D eigenvalue weighted by Crippen LogP contribution is -2.47. The second-order valence-corrected chi connectivity index (χ2v) is 5.56. The number of hydrogen-bond donors (Lipinski definition) is 2. The predicted molar refractivity (Wildman–Crippen MR) is 75.9 cm³/mol. The molecule has 0 spiro atoms. The molecule has 0 aliphatic heterocycles. The van der Waals surface area contributed by atoms with Gasteiger partial charge in [-0.15, -0.1) is 0 Å². The third-order valence-electron chi connectivity index (χ3n) is 2.50. The molecular formula is C15H19NO5. The maximum absolute atomic E-state index is 11.7. The molecule has 0 fully saturated rings. The van der Waals surface area contributed by atoms with Crippen LogP contribution in [-0.2, 0) is 20.7 Å². The van der Waals surface area contributed by atoms with Crippen molar-refractivity contribution in [3.05, 3.63) is 35.9 Å². The zero-order valence-corrected chi connectivity index (χ0v) is 12.3. The van der Waals surface area contributed by atoms with Crippen molar-refractivity contribution >= 4 is 17.8 Å². The standard InChI is InChI=1S/C15H19NO5/c1-15(2,3)21-14(20)16-11(12(17)13(18)19)9-10-7-5-4-6-8-10/h4-8,11H,9H2,1-3H3,(H,16,20)(H,18,19). The van der Waals surface area contributed by atoms with Crippen LogP contribution >= 0.6 is 0 Å². The van der Waals surface area contributed by atoms with Gasteiger partial charge in [0.25, 0.3) is 5.78 Å². The molecule has 0 radical (unpaired) electrons. The summed E-state index contributed by atoms with van der Waals surface area (Å²) < 4.78 is 5.04. The van der Waals surface area contributed by atoms with Gasteiger partial charge in [0, 0.05) is 6.42 Å². The van der Waals surface area contributed by atoms with E-state index in [1.165, 1.54) is 0 Å². The van der Waals surface area contributed by atoms with E-state index >= 15 is 0 Å². The lowest BCUT2D eigenvalue weighted by atomic mass is 10.0. The molecule has 1 atom stereocenters. The van der Waals surface area contributed by atoms with Gasteiger partial charge >= 0.3 is 12.1 Å². The van der Waals surface area contributed by atoms with Crippen molar-refractivity contribution in [1.29, 1.82) is 0 Å². The number of carboxylic acids is 1. The van der Waals surface area contributed by atoms with Crippen molar-refractivity contribution in [2.24, 2.45) is 0 Å². The van der Waals surface area contributed by atoms with Crippen molar-refractivity contribution in [2.75, 3.05) is 0 Å². The van der Waals surface area contributed by atoms with Gasteiger partial charge in [0.05, 0.1) is 0 Å². The number of benzene rings is 1. The minimum Gasteiger partial charge on any atom is -0.475 e. The van der Waals surface area contributed by atoms with E-state index in [4.69, 9.17) is 9.84 Å². The first-order valence-corrected chi connectivity index (χ1v) is 6.49. The molecule has 0 saturated heterocycles. The maximum Gasteiger partial charge on any atom is 0.408 e. The third-order valence-corrected chi connectivity index (χ3v) is 2.50. The van der Waals surface area contributed by atoms with E-state index in [1.54, 1.807) is 51.1 Å². The van der Waals surface area contributed by atoms with Crippen LogP contribution in [0.2, 0.25) is 0 Å².